The van der Waals surface area contributed by atoms with E-state index in [2.05, 4.69) is 0 Å². The van der Waals surface area contributed by atoms with Crippen LogP contribution in [0.25, 0.3) is 0 Å². The summed E-state index contributed by atoms with van der Waals surface area (Å²) in [6.45, 7) is 4.28. The van der Waals surface area contributed by atoms with E-state index in [-0.39, 0.29) is 24.2 Å². The van der Waals surface area contributed by atoms with Gasteiger partial charge in [-0.3, -0.25) is 0 Å². The van der Waals surface area contributed by atoms with Gasteiger partial charge in [-0.2, -0.15) is 0 Å². The Hall–Kier alpha value is -0.870. The molecular formula is C13H20ClF2NO. The van der Waals surface area contributed by atoms with Crippen molar-refractivity contribution in [3.8, 4) is 5.75 Å². The van der Waals surface area contributed by atoms with Gasteiger partial charge in [-0.05, 0) is 25.3 Å². The second-order valence-electron chi connectivity index (χ2n) is 4.10. The maximum Gasteiger partial charge on any atom is 0.168 e. The Morgan fingerprint density at radius 3 is 2.50 bits per heavy atom. The zero-order chi connectivity index (χ0) is 12.8. The van der Waals surface area contributed by atoms with E-state index in [1.807, 2.05) is 13.8 Å². The van der Waals surface area contributed by atoms with E-state index in [9.17, 15) is 8.78 Å². The van der Waals surface area contributed by atoms with Gasteiger partial charge in [0.2, 0.25) is 0 Å². The van der Waals surface area contributed by atoms with E-state index in [0.29, 0.717) is 18.6 Å². The van der Waals surface area contributed by atoms with Crippen LogP contribution >= 0.6 is 12.4 Å². The van der Waals surface area contributed by atoms with E-state index in [1.54, 1.807) is 0 Å². The molecule has 0 saturated carbocycles. The number of halogens is 3. The van der Waals surface area contributed by atoms with Crippen LogP contribution < -0.4 is 10.5 Å². The lowest BCUT2D eigenvalue weighted by Gasteiger charge is -2.15. The van der Waals surface area contributed by atoms with Crippen LogP contribution in [-0.4, -0.2) is 12.6 Å². The van der Waals surface area contributed by atoms with Gasteiger partial charge in [0.1, 0.15) is 5.82 Å². The number of ether oxygens (including phenoxy) is 1. The smallest absolute Gasteiger partial charge is 0.168 e. The summed E-state index contributed by atoms with van der Waals surface area (Å²) in [6.07, 6.45) is 1.95. The van der Waals surface area contributed by atoms with Crippen molar-refractivity contribution in [2.75, 3.05) is 6.61 Å². The van der Waals surface area contributed by atoms with Crippen LogP contribution in [0.2, 0.25) is 0 Å². The van der Waals surface area contributed by atoms with Gasteiger partial charge >= 0.3 is 0 Å². The van der Waals surface area contributed by atoms with Crippen molar-refractivity contribution in [3.05, 3.63) is 29.3 Å². The molecule has 0 aliphatic heterocycles. The first-order valence-electron chi connectivity index (χ1n) is 5.94. The molecule has 0 aliphatic rings. The Labute approximate surface area is 113 Å². The summed E-state index contributed by atoms with van der Waals surface area (Å²) in [5, 5.41) is 0. The van der Waals surface area contributed by atoms with Crippen LogP contribution in [0, 0.1) is 11.6 Å². The second-order valence-corrected chi connectivity index (χ2v) is 4.10. The number of hydrogen-bond acceptors (Lipinski definition) is 2. The maximum atomic E-state index is 13.6. The summed E-state index contributed by atoms with van der Waals surface area (Å²) < 4.78 is 32.1. The molecule has 2 nitrogen and oxygen atoms in total. The van der Waals surface area contributed by atoms with Crippen molar-refractivity contribution in [1.29, 1.82) is 0 Å². The summed E-state index contributed by atoms with van der Waals surface area (Å²) in [5.74, 6) is -1.11. The minimum atomic E-state index is -0.656. The SMILES string of the molecule is CCCOc1c(F)cc(F)cc1CC(N)CC.Cl. The molecular weight excluding hydrogens is 260 g/mol. The minimum Gasteiger partial charge on any atom is -0.490 e. The van der Waals surface area contributed by atoms with Gasteiger partial charge in [-0.15, -0.1) is 12.4 Å². The highest BCUT2D eigenvalue weighted by Gasteiger charge is 2.14. The summed E-state index contributed by atoms with van der Waals surface area (Å²) in [7, 11) is 0. The number of nitrogens with two attached hydrogens (primary N) is 1. The molecule has 1 unspecified atom stereocenters. The molecule has 2 N–H and O–H groups in total. The summed E-state index contributed by atoms with van der Waals surface area (Å²) >= 11 is 0. The van der Waals surface area contributed by atoms with Crippen LogP contribution in [0.5, 0.6) is 5.75 Å². The van der Waals surface area contributed by atoms with Gasteiger partial charge in [0.15, 0.2) is 11.6 Å². The van der Waals surface area contributed by atoms with Gasteiger partial charge in [-0.1, -0.05) is 13.8 Å². The summed E-state index contributed by atoms with van der Waals surface area (Å²) in [5.41, 5.74) is 6.31. The molecule has 0 aliphatic carbocycles. The predicted octanol–water partition coefficient (Wildman–Crippen LogP) is 3.46. The molecule has 1 aromatic carbocycles. The third-order valence-electron chi connectivity index (χ3n) is 2.54. The van der Waals surface area contributed by atoms with E-state index in [0.717, 1.165) is 18.9 Å². The molecule has 0 aromatic heterocycles. The van der Waals surface area contributed by atoms with Crippen LogP contribution in [0.4, 0.5) is 8.78 Å². The molecule has 0 radical (unpaired) electrons. The fourth-order valence-electron chi connectivity index (χ4n) is 1.56. The quantitative estimate of drug-likeness (QED) is 0.865. The third-order valence-corrected chi connectivity index (χ3v) is 2.54. The molecule has 0 bridgehead atoms. The maximum absolute atomic E-state index is 13.6. The third kappa shape index (κ3) is 4.78. The molecule has 0 heterocycles. The van der Waals surface area contributed by atoms with Crippen molar-refractivity contribution in [1.82, 2.24) is 0 Å². The molecule has 1 rings (SSSR count). The highest BCUT2D eigenvalue weighted by Crippen LogP contribution is 2.26. The van der Waals surface area contributed by atoms with Crippen molar-refractivity contribution in [2.24, 2.45) is 5.73 Å². The van der Waals surface area contributed by atoms with Gasteiger partial charge in [0, 0.05) is 17.7 Å². The second kappa shape index (κ2) is 8.27. The van der Waals surface area contributed by atoms with Gasteiger partial charge in [-0.25, -0.2) is 8.78 Å². The highest BCUT2D eigenvalue weighted by atomic mass is 35.5. The fraction of sp³-hybridized carbons (Fsp3) is 0.538. The lowest BCUT2D eigenvalue weighted by Crippen LogP contribution is -2.22. The topological polar surface area (TPSA) is 35.2 Å². The number of benzene rings is 1. The molecule has 0 saturated heterocycles. The molecule has 1 aromatic rings. The van der Waals surface area contributed by atoms with E-state index >= 15 is 0 Å². The molecule has 0 spiro atoms. The van der Waals surface area contributed by atoms with E-state index in [4.69, 9.17) is 10.5 Å². The first kappa shape index (κ1) is 17.1. The molecule has 104 valence electrons. The van der Waals surface area contributed by atoms with Crippen molar-refractivity contribution in [3.63, 3.8) is 0 Å². The first-order valence-corrected chi connectivity index (χ1v) is 5.94. The van der Waals surface area contributed by atoms with Crippen LogP contribution in [0.1, 0.15) is 32.3 Å². The molecule has 18 heavy (non-hydrogen) atoms. The molecule has 0 amide bonds. The van der Waals surface area contributed by atoms with Crippen LogP contribution in [0.3, 0.4) is 0 Å². The van der Waals surface area contributed by atoms with Crippen molar-refractivity contribution in [2.45, 2.75) is 39.2 Å². The Kier molecular flexibility index (Phi) is 7.87. The molecule has 5 heteroatoms. The first-order chi connectivity index (χ1) is 8.08. The normalized spacial score (nSPS) is 11.8. The van der Waals surface area contributed by atoms with E-state index < -0.39 is 11.6 Å². The standard InChI is InChI=1S/C13H19F2NO.ClH/c1-3-5-17-13-9(7-11(16)4-2)6-10(14)8-12(13)15;/h6,8,11H,3-5,7,16H2,1-2H3;1H. The number of hydrogen-bond donors (Lipinski definition) is 1. The van der Waals surface area contributed by atoms with Gasteiger partial charge in [0.05, 0.1) is 6.61 Å². The lowest BCUT2D eigenvalue weighted by molar-refractivity contribution is 0.296. The van der Waals surface area contributed by atoms with Crippen LogP contribution in [0.15, 0.2) is 12.1 Å². The zero-order valence-corrected chi connectivity index (χ0v) is 11.5. The Balaban J connectivity index is 0.00000289. The summed E-state index contributed by atoms with van der Waals surface area (Å²) in [6, 6.07) is 2.02. The van der Waals surface area contributed by atoms with Gasteiger partial charge < -0.3 is 10.5 Å². The van der Waals surface area contributed by atoms with E-state index in [1.165, 1.54) is 6.07 Å². The Morgan fingerprint density at radius 1 is 1.28 bits per heavy atom. The zero-order valence-electron chi connectivity index (χ0n) is 10.7. The Morgan fingerprint density at radius 2 is 1.94 bits per heavy atom. The highest BCUT2D eigenvalue weighted by molar-refractivity contribution is 5.85. The lowest BCUT2D eigenvalue weighted by atomic mass is 10.0. The summed E-state index contributed by atoms with van der Waals surface area (Å²) in [4.78, 5) is 0. The monoisotopic (exact) mass is 279 g/mol. The molecule has 1 atom stereocenters. The van der Waals surface area contributed by atoms with Crippen molar-refractivity contribution < 1.29 is 13.5 Å². The minimum absolute atomic E-state index is 0. The predicted molar refractivity (Wildman–Crippen MR) is 71.4 cm³/mol. The largest absolute Gasteiger partial charge is 0.490 e. The van der Waals surface area contributed by atoms with Crippen LogP contribution in [-0.2, 0) is 6.42 Å². The van der Waals surface area contributed by atoms with Crippen molar-refractivity contribution >= 4 is 12.4 Å². The number of rotatable bonds is 6. The average Bonchev–Trinajstić information content (AvgIpc) is 2.27. The average molecular weight is 280 g/mol. The molecule has 0 fully saturated rings. The van der Waals surface area contributed by atoms with Gasteiger partial charge in [0.25, 0.3) is 0 Å². The Bertz CT molecular complexity index is 374. The fourth-order valence-corrected chi connectivity index (χ4v) is 1.56.